The van der Waals surface area contributed by atoms with E-state index in [1.165, 1.54) is 0 Å². The molecule has 0 bridgehead atoms. The minimum absolute atomic E-state index is 0.294. The van der Waals surface area contributed by atoms with Gasteiger partial charge in [0.25, 0.3) is 5.69 Å². The Kier molecular flexibility index (Phi) is 2.87. The second kappa shape index (κ2) is 4.37. The maximum atomic E-state index is 13.3. The van der Waals surface area contributed by atoms with Gasteiger partial charge in [0, 0.05) is 12.1 Å². The Labute approximate surface area is 103 Å². The van der Waals surface area contributed by atoms with Crippen LogP contribution in [0.25, 0.3) is 11.3 Å². The molecule has 0 amide bonds. The van der Waals surface area contributed by atoms with Gasteiger partial charge in [0.1, 0.15) is 0 Å². The van der Waals surface area contributed by atoms with E-state index in [0.717, 1.165) is 12.1 Å². The lowest BCUT2D eigenvalue weighted by atomic mass is 10.1. The zero-order valence-corrected chi connectivity index (χ0v) is 9.03. The van der Waals surface area contributed by atoms with Crippen LogP contribution in [-0.2, 0) is 0 Å². The molecule has 1 aromatic heterocycles. The predicted molar refractivity (Wildman–Crippen MR) is 57.2 cm³/mol. The largest absolute Gasteiger partial charge is 0.504 e. The number of aromatic hydroxyl groups is 1. The number of hydrogen-bond donors (Lipinski definition) is 2. The van der Waals surface area contributed by atoms with Crippen molar-refractivity contribution in [2.45, 2.75) is 0 Å². The second-order valence-corrected chi connectivity index (χ2v) is 3.46. The topological polar surface area (TPSA) is 127 Å². The monoisotopic (exact) mass is 268 g/mol. The SMILES string of the molecule is O=C(O)c1cc(-c2cc([N+](=O)[O-])cc(F)c2O)on1. The third-order valence-electron chi connectivity index (χ3n) is 2.25. The van der Waals surface area contributed by atoms with Gasteiger partial charge in [0.15, 0.2) is 23.0 Å². The van der Waals surface area contributed by atoms with Crippen LogP contribution in [0.15, 0.2) is 22.7 Å². The molecule has 2 rings (SSSR count). The molecular weight excluding hydrogens is 263 g/mol. The molecule has 2 N–H and O–H groups in total. The zero-order valence-electron chi connectivity index (χ0n) is 9.03. The lowest BCUT2D eigenvalue weighted by Gasteiger charge is -2.01. The summed E-state index contributed by atoms with van der Waals surface area (Å²) < 4.78 is 17.9. The predicted octanol–water partition coefficient (Wildman–Crippen LogP) is 1.79. The summed E-state index contributed by atoms with van der Waals surface area (Å²) in [5.74, 6) is -3.80. The van der Waals surface area contributed by atoms with Crippen molar-refractivity contribution in [3.05, 3.63) is 39.8 Å². The molecule has 0 unspecified atom stereocenters. The Morgan fingerprint density at radius 3 is 2.63 bits per heavy atom. The fourth-order valence-corrected chi connectivity index (χ4v) is 1.38. The number of nitro benzene ring substituents is 1. The van der Waals surface area contributed by atoms with Crippen molar-refractivity contribution < 1.29 is 28.8 Å². The van der Waals surface area contributed by atoms with Gasteiger partial charge >= 0.3 is 5.97 Å². The van der Waals surface area contributed by atoms with Crippen LogP contribution < -0.4 is 0 Å². The third-order valence-corrected chi connectivity index (χ3v) is 2.25. The van der Waals surface area contributed by atoms with Gasteiger partial charge in [-0.25, -0.2) is 9.18 Å². The van der Waals surface area contributed by atoms with Crippen LogP contribution in [0, 0.1) is 15.9 Å². The lowest BCUT2D eigenvalue weighted by molar-refractivity contribution is -0.385. The Morgan fingerprint density at radius 1 is 1.42 bits per heavy atom. The number of carboxylic acids is 1. The van der Waals surface area contributed by atoms with Gasteiger partial charge in [-0.2, -0.15) is 0 Å². The van der Waals surface area contributed by atoms with Crippen molar-refractivity contribution in [3.63, 3.8) is 0 Å². The number of phenols is 1. The molecule has 1 heterocycles. The third kappa shape index (κ3) is 2.20. The molecule has 0 saturated heterocycles. The number of phenolic OH excluding ortho intramolecular Hbond substituents is 1. The maximum Gasteiger partial charge on any atom is 0.358 e. The van der Waals surface area contributed by atoms with Gasteiger partial charge in [-0.3, -0.25) is 10.1 Å². The Hall–Kier alpha value is -2.97. The molecule has 0 spiro atoms. The van der Waals surface area contributed by atoms with Gasteiger partial charge in [-0.15, -0.1) is 0 Å². The first-order valence-electron chi connectivity index (χ1n) is 4.77. The molecule has 98 valence electrons. The number of hydrogen-bond acceptors (Lipinski definition) is 6. The summed E-state index contributed by atoms with van der Waals surface area (Å²) in [4.78, 5) is 20.3. The molecule has 8 nitrogen and oxygen atoms in total. The maximum absolute atomic E-state index is 13.3. The molecule has 0 fully saturated rings. The molecule has 0 atom stereocenters. The van der Waals surface area contributed by atoms with Crippen LogP contribution in [0.4, 0.5) is 10.1 Å². The number of carbonyl (C=O) groups is 1. The molecule has 19 heavy (non-hydrogen) atoms. The van der Waals surface area contributed by atoms with E-state index in [0.29, 0.717) is 6.07 Å². The molecular formula is C10H5FN2O6. The van der Waals surface area contributed by atoms with E-state index in [9.17, 15) is 24.4 Å². The zero-order chi connectivity index (χ0) is 14.2. The molecule has 1 aromatic carbocycles. The lowest BCUT2D eigenvalue weighted by Crippen LogP contribution is -1.94. The van der Waals surface area contributed by atoms with E-state index in [4.69, 9.17) is 5.11 Å². The number of nitro groups is 1. The van der Waals surface area contributed by atoms with Gasteiger partial charge < -0.3 is 14.7 Å². The summed E-state index contributed by atoms with van der Waals surface area (Å²) >= 11 is 0. The summed E-state index contributed by atoms with van der Waals surface area (Å²) in [6.45, 7) is 0. The Balaban J connectivity index is 2.59. The van der Waals surface area contributed by atoms with Crippen LogP contribution in [0.2, 0.25) is 0 Å². The fraction of sp³-hybridized carbons (Fsp3) is 0. The first-order valence-corrected chi connectivity index (χ1v) is 4.77. The standard InChI is InChI=1S/C10H5FN2O6/c11-6-2-4(13(17)18)1-5(9(6)14)8-3-7(10(15)16)12-19-8/h1-3,14H,(H,15,16). The van der Waals surface area contributed by atoms with Crippen molar-refractivity contribution in [2.24, 2.45) is 0 Å². The van der Waals surface area contributed by atoms with Gasteiger partial charge in [-0.1, -0.05) is 5.16 Å². The number of halogens is 1. The van der Waals surface area contributed by atoms with E-state index >= 15 is 0 Å². The first-order chi connectivity index (χ1) is 8.90. The molecule has 0 aliphatic carbocycles. The minimum Gasteiger partial charge on any atom is -0.504 e. The minimum atomic E-state index is -1.39. The molecule has 0 radical (unpaired) electrons. The molecule has 9 heteroatoms. The highest BCUT2D eigenvalue weighted by molar-refractivity contribution is 5.86. The van der Waals surface area contributed by atoms with E-state index in [1.54, 1.807) is 0 Å². The second-order valence-electron chi connectivity index (χ2n) is 3.46. The molecule has 0 saturated carbocycles. The van der Waals surface area contributed by atoms with Gasteiger partial charge in [0.2, 0.25) is 0 Å². The smallest absolute Gasteiger partial charge is 0.358 e. The summed E-state index contributed by atoms with van der Waals surface area (Å²) in [7, 11) is 0. The van der Waals surface area contributed by atoms with E-state index in [2.05, 4.69) is 9.68 Å². The number of benzene rings is 1. The molecule has 0 aliphatic rings. The number of non-ortho nitro benzene ring substituents is 1. The summed E-state index contributed by atoms with van der Waals surface area (Å²) in [5.41, 5.74) is -1.44. The summed E-state index contributed by atoms with van der Waals surface area (Å²) in [6, 6.07) is 2.30. The Bertz CT molecular complexity index is 681. The number of rotatable bonds is 3. The van der Waals surface area contributed by atoms with Crippen LogP contribution in [0.3, 0.4) is 0 Å². The highest BCUT2D eigenvalue weighted by Crippen LogP contribution is 2.35. The summed E-state index contributed by atoms with van der Waals surface area (Å²) in [5, 5.41) is 31.9. The number of nitrogens with zero attached hydrogens (tertiary/aromatic N) is 2. The van der Waals surface area contributed by atoms with Gasteiger partial charge in [-0.05, 0) is 0 Å². The van der Waals surface area contributed by atoms with E-state index in [1.807, 2.05) is 0 Å². The number of carboxylic acid groups (broad SMARTS) is 1. The number of aromatic nitrogens is 1. The van der Waals surface area contributed by atoms with Crippen molar-refractivity contribution in [3.8, 4) is 17.1 Å². The van der Waals surface area contributed by atoms with Crippen molar-refractivity contribution >= 4 is 11.7 Å². The van der Waals surface area contributed by atoms with Crippen molar-refractivity contribution in [1.29, 1.82) is 0 Å². The van der Waals surface area contributed by atoms with E-state index < -0.39 is 33.8 Å². The molecule has 0 aliphatic heterocycles. The average Bonchev–Trinajstić information content (AvgIpc) is 2.81. The highest BCUT2D eigenvalue weighted by Gasteiger charge is 2.21. The van der Waals surface area contributed by atoms with Gasteiger partial charge in [0.05, 0.1) is 16.6 Å². The average molecular weight is 268 g/mol. The van der Waals surface area contributed by atoms with Crippen LogP contribution in [-0.4, -0.2) is 26.3 Å². The van der Waals surface area contributed by atoms with Crippen LogP contribution >= 0.6 is 0 Å². The van der Waals surface area contributed by atoms with Crippen LogP contribution in [0.5, 0.6) is 5.75 Å². The van der Waals surface area contributed by atoms with Crippen molar-refractivity contribution in [1.82, 2.24) is 5.16 Å². The van der Waals surface area contributed by atoms with Crippen LogP contribution in [0.1, 0.15) is 10.5 Å². The quantitative estimate of drug-likeness (QED) is 0.641. The molecule has 2 aromatic rings. The normalized spacial score (nSPS) is 10.4. The fourth-order valence-electron chi connectivity index (χ4n) is 1.38. The number of aromatic carboxylic acids is 1. The van der Waals surface area contributed by atoms with Crippen molar-refractivity contribution in [2.75, 3.05) is 0 Å². The highest BCUT2D eigenvalue weighted by atomic mass is 19.1. The first kappa shape index (κ1) is 12.5. The van der Waals surface area contributed by atoms with E-state index in [-0.39, 0.29) is 11.3 Å². The summed E-state index contributed by atoms with van der Waals surface area (Å²) in [6.07, 6.45) is 0. The Morgan fingerprint density at radius 2 is 2.11 bits per heavy atom.